The lowest BCUT2D eigenvalue weighted by Crippen LogP contribution is -2.52. The third kappa shape index (κ3) is 6.12. The van der Waals surface area contributed by atoms with Crippen LogP contribution in [0.4, 0.5) is 5.13 Å². The Kier molecular flexibility index (Phi) is 8.60. The molecule has 146 valence electrons. The number of hydrogen-bond donors (Lipinski definition) is 2. The van der Waals surface area contributed by atoms with Gasteiger partial charge in [-0.2, -0.15) is 4.37 Å². The lowest BCUT2D eigenvalue weighted by Gasteiger charge is -2.36. The summed E-state index contributed by atoms with van der Waals surface area (Å²) >= 11 is 1.48. The van der Waals surface area contributed by atoms with E-state index in [-0.39, 0.29) is 5.91 Å². The van der Waals surface area contributed by atoms with Gasteiger partial charge in [0.25, 0.3) is 0 Å². The van der Waals surface area contributed by atoms with Gasteiger partial charge in [0.15, 0.2) is 5.96 Å². The van der Waals surface area contributed by atoms with Gasteiger partial charge in [-0.15, -0.1) is 0 Å². The molecule has 0 bridgehead atoms. The smallest absolute Gasteiger partial charge is 0.221 e. The lowest BCUT2D eigenvalue weighted by atomic mass is 10.3. The Morgan fingerprint density at radius 1 is 1.19 bits per heavy atom. The molecule has 2 rings (SSSR count). The minimum Gasteiger partial charge on any atom is -0.357 e. The minimum atomic E-state index is 0.0688. The zero-order chi connectivity index (χ0) is 18.8. The molecular weight excluding hydrogens is 350 g/mol. The summed E-state index contributed by atoms with van der Waals surface area (Å²) in [5.74, 6) is 1.88. The zero-order valence-electron chi connectivity index (χ0n) is 16.1. The number of piperazine rings is 1. The molecule has 0 spiro atoms. The van der Waals surface area contributed by atoms with Crippen molar-refractivity contribution in [1.29, 1.82) is 0 Å². The van der Waals surface area contributed by atoms with Crippen molar-refractivity contribution >= 4 is 28.5 Å². The number of aliphatic imine (C=N–C) groups is 1. The Hall–Kier alpha value is -1.90. The van der Waals surface area contributed by atoms with Crippen LogP contribution in [0.3, 0.4) is 0 Å². The number of aryl methyl sites for hydroxylation is 1. The van der Waals surface area contributed by atoms with Crippen LogP contribution in [0.25, 0.3) is 0 Å². The first-order valence-electron chi connectivity index (χ1n) is 9.55. The molecule has 9 heteroatoms. The number of aromatic nitrogens is 2. The predicted octanol–water partition coefficient (Wildman–Crippen LogP) is 1.10. The highest BCUT2D eigenvalue weighted by Gasteiger charge is 2.22. The second kappa shape index (κ2) is 10.9. The quantitative estimate of drug-likeness (QED) is 0.518. The molecule has 0 aliphatic carbocycles. The van der Waals surface area contributed by atoms with E-state index in [9.17, 15) is 4.79 Å². The summed E-state index contributed by atoms with van der Waals surface area (Å²) in [5, 5.41) is 7.24. The molecule has 1 aliphatic rings. The van der Waals surface area contributed by atoms with Gasteiger partial charge in [0.05, 0.1) is 6.54 Å². The third-order valence-electron chi connectivity index (χ3n) is 4.13. The van der Waals surface area contributed by atoms with Crippen molar-refractivity contribution in [3.05, 3.63) is 5.82 Å². The molecule has 0 aromatic carbocycles. The Bertz CT molecular complexity index is 581. The summed E-state index contributed by atoms with van der Waals surface area (Å²) in [6.07, 6.45) is 2.26. The SMILES string of the molecule is CCCNC(=O)CCN=C(NCC)N1CCN(c2nc(CC)ns2)CC1. The van der Waals surface area contributed by atoms with Gasteiger partial charge < -0.3 is 20.4 Å². The molecule has 0 radical (unpaired) electrons. The largest absolute Gasteiger partial charge is 0.357 e. The molecule has 1 fully saturated rings. The van der Waals surface area contributed by atoms with E-state index >= 15 is 0 Å². The fourth-order valence-electron chi connectivity index (χ4n) is 2.67. The summed E-state index contributed by atoms with van der Waals surface area (Å²) in [6.45, 7) is 11.8. The van der Waals surface area contributed by atoms with Gasteiger partial charge in [-0.3, -0.25) is 9.79 Å². The van der Waals surface area contributed by atoms with Crippen molar-refractivity contribution in [3.63, 3.8) is 0 Å². The molecule has 26 heavy (non-hydrogen) atoms. The lowest BCUT2D eigenvalue weighted by molar-refractivity contribution is -0.120. The third-order valence-corrected chi connectivity index (χ3v) is 4.95. The molecular formula is C17H31N7OS. The maximum atomic E-state index is 11.7. The van der Waals surface area contributed by atoms with Crippen LogP contribution in [0.5, 0.6) is 0 Å². The number of nitrogens with zero attached hydrogens (tertiary/aromatic N) is 5. The van der Waals surface area contributed by atoms with Crippen LogP contribution < -0.4 is 15.5 Å². The van der Waals surface area contributed by atoms with E-state index in [2.05, 4.69) is 48.6 Å². The van der Waals surface area contributed by atoms with Gasteiger partial charge in [-0.25, -0.2) is 4.98 Å². The number of guanidine groups is 1. The molecule has 8 nitrogen and oxygen atoms in total. The minimum absolute atomic E-state index is 0.0688. The highest BCUT2D eigenvalue weighted by molar-refractivity contribution is 7.09. The number of nitrogens with one attached hydrogen (secondary N) is 2. The molecule has 1 amide bonds. The highest BCUT2D eigenvalue weighted by Crippen LogP contribution is 2.19. The molecule has 0 atom stereocenters. The van der Waals surface area contributed by atoms with Gasteiger partial charge in [-0.05, 0) is 13.3 Å². The van der Waals surface area contributed by atoms with Gasteiger partial charge in [0, 0.05) is 63.6 Å². The highest BCUT2D eigenvalue weighted by atomic mass is 32.1. The summed E-state index contributed by atoms with van der Waals surface area (Å²) in [6, 6.07) is 0. The standard InChI is InChI=1S/C17H31N7OS/c1-4-8-19-15(25)7-9-20-16(18-6-3)23-10-12-24(13-11-23)17-21-14(5-2)22-26-17/h4-13H2,1-3H3,(H,18,20)(H,19,25). The molecule has 1 aromatic heterocycles. The first-order valence-corrected chi connectivity index (χ1v) is 10.3. The van der Waals surface area contributed by atoms with Crippen molar-refractivity contribution in [2.24, 2.45) is 4.99 Å². The molecule has 0 unspecified atom stereocenters. The maximum Gasteiger partial charge on any atom is 0.221 e. The van der Waals surface area contributed by atoms with E-state index in [0.29, 0.717) is 13.0 Å². The molecule has 2 N–H and O–H groups in total. The van der Waals surface area contributed by atoms with Crippen LogP contribution in [-0.4, -0.2) is 71.9 Å². The van der Waals surface area contributed by atoms with Crippen molar-refractivity contribution < 1.29 is 4.79 Å². The van der Waals surface area contributed by atoms with Crippen LogP contribution >= 0.6 is 11.5 Å². The fraction of sp³-hybridized carbons (Fsp3) is 0.765. The second-order valence-corrected chi connectivity index (χ2v) is 6.89. The number of anilines is 1. The summed E-state index contributed by atoms with van der Waals surface area (Å²) in [5.41, 5.74) is 0. The summed E-state index contributed by atoms with van der Waals surface area (Å²) in [4.78, 5) is 25.5. The Labute approximate surface area is 160 Å². The van der Waals surface area contributed by atoms with Gasteiger partial charge >= 0.3 is 0 Å². The van der Waals surface area contributed by atoms with Crippen LogP contribution in [0.1, 0.15) is 39.4 Å². The maximum absolute atomic E-state index is 11.7. The number of rotatable bonds is 8. The van der Waals surface area contributed by atoms with Crippen molar-refractivity contribution in [2.75, 3.05) is 50.7 Å². The fourth-order valence-corrected chi connectivity index (χ4v) is 3.47. The molecule has 0 saturated carbocycles. The van der Waals surface area contributed by atoms with E-state index in [4.69, 9.17) is 0 Å². The van der Waals surface area contributed by atoms with E-state index in [1.165, 1.54) is 11.5 Å². The van der Waals surface area contributed by atoms with E-state index in [1.54, 1.807) is 0 Å². The Morgan fingerprint density at radius 3 is 2.58 bits per heavy atom. The van der Waals surface area contributed by atoms with Crippen LogP contribution in [0, 0.1) is 0 Å². The first-order chi connectivity index (χ1) is 12.7. The van der Waals surface area contributed by atoms with Gasteiger partial charge in [0.1, 0.15) is 5.82 Å². The van der Waals surface area contributed by atoms with E-state index < -0.39 is 0 Å². The Balaban J connectivity index is 1.84. The average Bonchev–Trinajstić information content (AvgIpc) is 3.15. The number of carbonyl (C=O) groups is 1. The summed E-state index contributed by atoms with van der Waals surface area (Å²) < 4.78 is 4.37. The molecule has 2 heterocycles. The second-order valence-electron chi connectivity index (χ2n) is 6.16. The molecule has 1 saturated heterocycles. The molecule has 1 aliphatic heterocycles. The predicted molar refractivity (Wildman–Crippen MR) is 107 cm³/mol. The number of hydrogen-bond acceptors (Lipinski definition) is 6. The monoisotopic (exact) mass is 381 g/mol. The van der Waals surface area contributed by atoms with Crippen LogP contribution in [0.2, 0.25) is 0 Å². The first kappa shape index (κ1) is 20.4. The van der Waals surface area contributed by atoms with Crippen LogP contribution in [-0.2, 0) is 11.2 Å². The van der Waals surface area contributed by atoms with Crippen molar-refractivity contribution in [3.8, 4) is 0 Å². The number of amides is 1. The van der Waals surface area contributed by atoms with Crippen molar-refractivity contribution in [1.82, 2.24) is 24.9 Å². The van der Waals surface area contributed by atoms with E-state index in [1.807, 2.05) is 6.92 Å². The Morgan fingerprint density at radius 2 is 1.96 bits per heavy atom. The topological polar surface area (TPSA) is 85.8 Å². The summed E-state index contributed by atoms with van der Waals surface area (Å²) in [7, 11) is 0. The van der Waals surface area contributed by atoms with Crippen LogP contribution in [0.15, 0.2) is 4.99 Å². The van der Waals surface area contributed by atoms with E-state index in [0.717, 1.165) is 69.0 Å². The van der Waals surface area contributed by atoms with Crippen molar-refractivity contribution in [2.45, 2.75) is 40.0 Å². The van der Waals surface area contributed by atoms with Gasteiger partial charge in [0.2, 0.25) is 11.0 Å². The normalized spacial score (nSPS) is 15.3. The number of carbonyl (C=O) groups excluding carboxylic acids is 1. The zero-order valence-corrected chi connectivity index (χ0v) is 16.9. The average molecular weight is 382 g/mol. The van der Waals surface area contributed by atoms with Gasteiger partial charge in [-0.1, -0.05) is 13.8 Å². The molecule has 1 aromatic rings.